The number of aliphatic carboxylic acids is 1. The van der Waals surface area contributed by atoms with Crippen molar-refractivity contribution in [2.24, 2.45) is 0 Å². The van der Waals surface area contributed by atoms with Crippen LogP contribution < -0.4 is 0 Å². The molecular weight excluding hydrogens is 402 g/mol. The molecule has 0 aromatic heterocycles. The van der Waals surface area contributed by atoms with Gasteiger partial charge in [0.05, 0.1) is 31.6 Å². The molecule has 0 amide bonds. The molecule has 0 bridgehead atoms. The summed E-state index contributed by atoms with van der Waals surface area (Å²) >= 11 is 0. The summed E-state index contributed by atoms with van der Waals surface area (Å²) in [5.74, 6) is -1.63. The average Bonchev–Trinajstić information content (AvgIpc) is 2.74. The van der Waals surface area contributed by atoms with Gasteiger partial charge in [0.15, 0.2) is 6.10 Å². The molecule has 5 nitrogen and oxygen atoms in total. The first-order valence-electron chi connectivity index (χ1n) is 13.3. The van der Waals surface area contributed by atoms with Crippen LogP contribution in [0.4, 0.5) is 0 Å². The van der Waals surface area contributed by atoms with Crippen molar-refractivity contribution >= 4 is 11.9 Å². The van der Waals surface area contributed by atoms with E-state index in [1.54, 1.807) is 0 Å². The molecule has 0 aliphatic carbocycles. The fourth-order valence-corrected chi connectivity index (χ4v) is 3.02. The zero-order chi connectivity index (χ0) is 26.6. The van der Waals surface area contributed by atoms with Gasteiger partial charge < -0.3 is 14.3 Å². The van der Waals surface area contributed by atoms with E-state index in [-0.39, 0.29) is 13.0 Å². The van der Waals surface area contributed by atoms with Gasteiger partial charge >= 0.3 is 11.9 Å². The van der Waals surface area contributed by atoms with E-state index in [0.717, 1.165) is 19.3 Å². The minimum Gasteiger partial charge on any atom is -0.481 e. The smallest absolute Gasteiger partial charge is 0.307 e. The Morgan fingerprint density at radius 2 is 1.44 bits per heavy atom. The molecule has 0 unspecified atom stereocenters. The van der Waals surface area contributed by atoms with Crippen molar-refractivity contribution in [2.75, 3.05) is 27.6 Å². The van der Waals surface area contributed by atoms with Gasteiger partial charge in [-0.05, 0) is 44.9 Å². The second-order valence-corrected chi connectivity index (χ2v) is 8.56. The standard InChI is InChI=1S/C27H45NO4/c1-5-6-7-8-9-10-11-12-13-14-15-16-17-18-19-20-21-22-27(31)32-25(23-26(29)30)24-28(2,3)4/h9-10,12-13,15-16,18-19,25H,5-8,11,14,17,20-24H2,1-4H3/p+1/b10-9-,13-12-,16-15-,19-18-/t25-/m1/s1/i2D3. The maximum atomic E-state index is 12.1. The fourth-order valence-electron chi connectivity index (χ4n) is 3.02. The van der Waals surface area contributed by atoms with Gasteiger partial charge in [-0.25, -0.2) is 0 Å². The van der Waals surface area contributed by atoms with E-state index in [1.165, 1.54) is 39.8 Å². The van der Waals surface area contributed by atoms with Gasteiger partial charge in [-0.15, -0.1) is 0 Å². The van der Waals surface area contributed by atoms with Crippen molar-refractivity contribution in [1.29, 1.82) is 0 Å². The Morgan fingerprint density at radius 3 is 1.94 bits per heavy atom. The normalized spacial score (nSPS) is 15.4. The molecular formula is C27H46NO4+. The molecule has 0 fully saturated rings. The molecule has 0 aromatic rings. The van der Waals surface area contributed by atoms with Gasteiger partial charge in [-0.2, -0.15) is 0 Å². The van der Waals surface area contributed by atoms with Crippen LogP contribution in [0, 0.1) is 0 Å². The van der Waals surface area contributed by atoms with E-state index < -0.39 is 35.9 Å². The van der Waals surface area contributed by atoms with Crippen molar-refractivity contribution in [3.05, 3.63) is 48.6 Å². The van der Waals surface area contributed by atoms with Crippen LogP contribution in [0.25, 0.3) is 0 Å². The molecule has 5 heteroatoms. The minimum atomic E-state index is -2.33. The molecule has 32 heavy (non-hydrogen) atoms. The van der Waals surface area contributed by atoms with E-state index in [9.17, 15) is 9.59 Å². The summed E-state index contributed by atoms with van der Waals surface area (Å²) in [5.41, 5.74) is 0. The lowest BCUT2D eigenvalue weighted by Crippen LogP contribution is -2.43. The van der Waals surface area contributed by atoms with E-state index in [4.69, 9.17) is 14.0 Å². The number of carboxylic acid groups (broad SMARTS) is 1. The summed E-state index contributed by atoms with van der Waals surface area (Å²) in [6.07, 6.45) is 24.9. The number of quaternary nitrogens is 1. The minimum absolute atomic E-state index is 0.0916. The number of hydrogen-bond donors (Lipinski definition) is 1. The molecule has 0 aromatic carbocycles. The largest absolute Gasteiger partial charge is 0.481 e. The maximum absolute atomic E-state index is 12.1. The monoisotopic (exact) mass is 451 g/mol. The van der Waals surface area contributed by atoms with Crippen LogP contribution in [0.5, 0.6) is 0 Å². The van der Waals surface area contributed by atoms with Gasteiger partial charge in [-0.3, -0.25) is 9.59 Å². The van der Waals surface area contributed by atoms with E-state index in [0.29, 0.717) is 12.8 Å². The molecule has 0 rings (SSSR count). The lowest BCUT2D eigenvalue weighted by molar-refractivity contribution is -0.873. The van der Waals surface area contributed by atoms with Gasteiger partial charge in [0, 0.05) is 6.42 Å². The number of allylic oxidation sites excluding steroid dienone is 8. The first-order valence-corrected chi connectivity index (χ1v) is 11.8. The van der Waals surface area contributed by atoms with Crippen LogP contribution in [-0.2, 0) is 14.3 Å². The Morgan fingerprint density at radius 1 is 0.906 bits per heavy atom. The van der Waals surface area contributed by atoms with Gasteiger partial charge in [0.2, 0.25) is 0 Å². The van der Waals surface area contributed by atoms with Gasteiger partial charge in [0.1, 0.15) is 6.54 Å². The first kappa shape index (κ1) is 24.5. The topological polar surface area (TPSA) is 63.6 Å². The number of esters is 1. The summed E-state index contributed by atoms with van der Waals surface area (Å²) in [7, 11) is 2.94. The van der Waals surface area contributed by atoms with Crippen molar-refractivity contribution in [1.82, 2.24) is 0 Å². The highest BCUT2D eigenvalue weighted by atomic mass is 16.5. The van der Waals surface area contributed by atoms with Crippen LogP contribution in [0.3, 0.4) is 0 Å². The lowest BCUT2D eigenvalue weighted by atomic mass is 10.2. The molecule has 0 aliphatic heterocycles. The highest BCUT2D eigenvalue weighted by molar-refractivity contribution is 5.71. The third-order valence-corrected chi connectivity index (χ3v) is 4.57. The Balaban J connectivity index is 4.09. The number of carbonyl (C=O) groups is 2. The van der Waals surface area contributed by atoms with Crippen LogP contribution in [0.1, 0.15) is 81.7 Å². The molecule has 0 aliphatic rings. The summed E-state index contributed by atoms with van der Waals surface area (Å²) in [5, 5.41) is 9.07. The number of carbonyl (C=O) groups excluding carboxylic acids is 1. The quantitative estimate of drug-likeness (QED) is 0.109. The lowest BCUT2D eigenvalue weighted by Gasteiger charge is -2.28. The van der Waals surface area contributed by atoms with Crippen molar-refractivity contribution < 1.29 is 28.0 Å². The number of ether oxygens (including phenoxy) is 1. The second kappa shape index (κ2) is 19.5. The van der Waals surface area contributed by atoms with E-state index in [1.807, 2.05) is 12.2 Å². The van der Waals surface area contributed by atoms with E-state index in [2.05, 4.69) is 43.4 Å². The Labute approximate surface area is 200 Å². The van der Waals surface area contributed by atoms with E-state index >= 15 is 0 Å². The first-order chi connectivity index (χ1) is 16.5. The zero-order valence-corrected chi connectivity index (χ0v) is 20.3. The van der Waals surface area contributed by atoms with Gasteiger partial charge in [-0.1, -0.05) is 68.4 Å². The maximum Gasteiger partial charge on any atom is 0.307 e. The van der Waals surface area contributed by atoms with Gasteiger partial charge in [0.25, 0.3) is 0 Å². The zero-order valence-electron chi connectivity index (χ0n) is 23.3. The third-order valence-electron chi connectivity index (χ3n) is 4.57. The number of unbranched alkanes of at least 4 members (excludes halogenated alkanes) is 4. The fraction of sp³-hybridized carbons (Fsp3) is 0.630. The number of nitrogens with zero attached hydrogens (tertiary/aromatic N) is 1. The Kier molecular flexibility index (Phi) is 15.0. The van der Waals surface area contributed by atoms with Crippen LogP contribution >= 0.6 is 0 Å². The molecule has 0 radical (unpaired) electrons. The number of rotatable bonds is 19. The second-order valence-electron chi connectivity index (χ2n) is 8.56. The number of hydrogen-bond acceptors (Lipinski definition) is 3. The molecule has 1 atom stereocenters. The highest BCUT2D eigenvalue weighted by Gasteiger charge is 2.24. The third kappa shape index (κ3) is 22.5. The highest BCUT2D eigenvalue weighted by Crippen LogP contribution is 2.08. The number of carboxylic acids is 1. The predicted octanol–water partition coefficient (Wildman–Crippen LogP) is 6.22. The molecule has 1 N–H and O–H groups in total. The van der Waals surface area contributed by atoms with Crippen LogP contribution in [-0.4, -0.2) is 55.2 Å². The molecule has 182 valence electrons. The summed E-state index contributed by atoms with van der Waals surface area (Å²) in [6.45, 7) is -0.206. The summed E-state index contributed by atoms with van der Waals surface area (Å²) < 4.78 is 27.6. The summed E-state index contributed by atoms with van der Waals surface area (Å²) in [6, 6.07) is 0. The Bertz CT molecular complexity index is 710. The molecule has 0 saturated carbocycles. The van der Waals surface area contributed by atoms with Crippen molar-refractivity contribution in [2.45, 2.75) is 83.7 Å². The molecule has 0 saturated heterocycles. The van der Waals surface area contributed by atoms with Crippen molar-refractivity contribution in [3.63, 3.8) is 0 Å². The van der Waals surface area contributed by atoms with Crippen LogP contribution in [0.2, 0.25) is 0 Å². The van der Waals surface area contributed by atoms with Crippen LogP contribution in [0.15, 0.2) is 48.6 Å². The van der Waals surface area contributed by atoms with Crippen molar-refractivity contribution in [3.8, 4) is 0 Å². The predicted molar refractivity (Wildman–Crippen MR) is 133 cm³/mol. The molecule has 0 spiro atoms. The Hall–Kier alpha value is -2.14. The SMILES string of the molecule is [2H]C([2H])([2H])[N+](C)(C)C[C@@H](CC(=O)O)OC(=O)CCC/C=C\C/C=C\C/C=C\C/C=C\CCCCC. The average molecular weight is 452 g/mol. The summed E-state index contributed by atoms with van der Waals surface area (Å²) in [4.78, 5) is 23.2. The number of likely N-dealkylation sites (N-methyl/N-ethyl adjacent to an activating group) is 1. The molecule has 0 heterocycles.